The Labute approximate surface area is 141 Å². The standard InChI is InChI=1S/C16H15F3N2O4/c1-9-6-13(10(2)24-9)15(23)20-8-14(22)21-11-4-3-5-12(7-11)25-16(17,18)19/h3-7H,8H2,1-2H3,(H,20,23)(H,21,22). The van der Waals surface area contributed by atoms with Crippen LogP contribution in [0.15, 0.2) is 34.7 Å². The Morgan fingerprint density at radius 1 is 1.20 bits per heavy atom. The molecule has 0 unspecified atom stereocenters. The number of carbonyl (C=O) groups is 2. The van der Waals surface area contributed by atoms with E-state index in [2.05, 4.69) is 15.4 Å². The van der Waals surface area contributed by atoms with E-state index in [1.807, 2.05) is 0 Å². The van der Waals surface area contributed by atoms with Crippen LogP contribution in [0.2, 0.25) is 0 Å². The van der Waals surface area contributed by atoms with Crippen molar-refractivity contribution >= 4 is 17.5 Å². The van der Waals surface area contributed by atoms with Crippen molar-refractivity contribution in [2.75, 3.05) is 11.9 Å². The van der Waals surface area contributed by atoms with E-state index in [0.29, 0.717) is 17.1 Å². The van der Waals surface area contributed by atoms with E-state index in [9.17, 15) is 22.8 Å². The van der Waals surface area contributed by atoms with Gasteiger partial charge in [0.1, 0.15) is 17.3 Å². The molecule has 6 nitrogen and oxygen atoms in total. The fraction of sp³-hybridized carbons (Fsp3) is 0.250. The smallest absolute Gasteiger partial charge is 0.466 e. The highest BCUT2D eigenvalue weighted by Crippen LogP contribution is 2.24. The summed E-state index contributed by atoms with van der Waals surface area (Å²) in [4.78, 5) is 23.8. The van der Waals surface area contributed by atoms with Gasteiger partial charge in [-0.1, -0.05) is 6.07 Å². The predicted molar refractivity (Wildman–Crippen MR) is 82.3 cm³/mol. The Bertz CT molecular complexity index is 784. The van der Waals surface area contributed by atoms with Crippen LogP contribution in [0.5, 0.6) is 5.75 Å². The molecule has 0 saturated carbocycles. The Morgan fingerprint density at radius 3 is 2.52 bits per heavy atom. The number of amides is 2. The lowest BCUT2D eigenvalue weighted by atomic mass is 10.2. The van der Waals surface area contributed by atoms with Gasteiger partial charge in [-0.05, 0) is 32.0 Å². The third-order valence-electron chi connectivity index (χ3n) is 3.05. The molecule has 1 aromatic heterocycles. The summed E-state index contributed by atoms with van der Waals surface area (Å²) >= 11 is 0. The monoisotopic (exact) mass is 356 g/mol. The summed E-state index contributed by atoms with van der Waals surface area (Å²) in [5.41, 5.74) is 0.419. The van der Waals surface area contributed by atoms with Gasteiger partial charge in [0.25, 0.3) is 5.91 Å². The van der Waals surface area contributed by atoms with E-state index in [4.69, 9.17) is 4.42 Å². The summed E-state index contributed by atoms with van der Waals surface area (Å²) in [6.45, 7) is 2.95. The van der Waals surface area contributed by atoms with Crippen molar-refractivity contribution in [3.8, 4) is 5.75 Å². The molecule has 2 aromatic rings. The maximum absolute atomic E-state index is 12.2. The first-order valence-electron chi connectivity index (χ1n) is 7.15. The van der Waals surface area contributed by atoms with Crippen LogP contribution < -0.4 is 15.4 Å². The number of hydrogen-bond donors (Lipinski definition) is 2. The number of benzene rings is 1. The maximum Gasteiger partial charge on any atom is 0.573 e. The van der Waals surface area contributed by atoms with Crippen LogP contribution in [0.1, 0.15) is 21.9 Å². The summed E-state index contributed by atoms with van der Waals surface area (Å²) in [5, 5.41) is 4.77. The first-order chi connectivity index (χ1) is 11.6. The third kappa shape index (κ3) is 5.55. The van der Waals surface area contributed by atoms with Gasteiger partial charge >= 0.3 is 6.36 Å². The number of hydrogen-bond acceptors (Lipinski definition) is 4. The minimum absolute atomic E-state index is 0.108. The number of alkyl halides is 3. The summed E-state index contributed by atoms with van der Waals surface area (Å²) in [6.07, 6.45) is -4.82. The van der Waals surface area contributed by atoms with E-state index in [1.54, 1.807) is 19.9 Å². The SMILES string of the molecule is Cc1cc(C(=O)NCC(=O)Nc2cccc(OC(F)(F)F)c2)c(C)o1. The summed E-state index contributed by atoms with van der Waals surface area (Å²) in [6, 6.07) is 6.37. The molecule has 0 aliphatic heterocycles. The molecule has 0 saturated heterocycles. The Morgan fingerprint density at radius 2 is 1.92 bits per heavy atom. The van der Waals surface area contributed by atoms with Crippen LogP contribution in [0.3, 0.4) is 0 Å². The predicted octanol–water partition coefficient (Wildman–Crippen LogP) is 3.16. The lowest BCUT2D eigenvalue weighted by molar-refractivity contribution is -0.274. The van der Waals surface area contributed by atoms with Gasteiger partial charge in [-0.25, -0.2) is 0 Å². The molecule has 2 rings (SSSR count). The van der Waals surface area contributed by atoms with Gasteiger partial charge in [-0.15, -0.1) is 13.2 Å². The molecule has 25 heavy (non-hydrogen) atoms. The zero-order valence-electron chi connectivity index (χ0n) is 13.4. The normalized spacial score (nSPS) is 11.1. The number of ether oxygens (including phenoxy) is 1. The quantitative estimate of drug-likeness (QED) is 0.862. The molecule has 134 valence electrons. The lowest BCUT2D eigenvalue weighted by Crippen LogP contribution is -2.33. The van der Waals surface area contributed by atoms with Crippen molar-refractivity contribution in [3.05, 3.63) is 47.4 Å². The number of rotatable bonds is 5. The second-order valence-electron chi connectivity index (χ2n) is 5.13. The number of nitrogens with one attached hydrogen (secondary N) is 2. The molecule has 2 amide bonds. The number of carbonyl (C=O) groups excluding carboxylic acids is 2. The number of aryl methyl sites for hydroxylation is 2. The van der Waals surface area contributed by atoms with E-state index >= 15 is 0 Å². The van der Waals surface area contributed by atoms with Gasteiger partial charge in [0, 0.05) is 11.8 Å². The van der Waals surface area contributed by atoms with Crippen molar-refractivity contribution < 1.29 is 31.9 Å². The minimum atomic E-state index is -4.82. The van der Waals surface area contributed by atoms with E-state index < -0.39 is 23.9 Å². The van der Waals surface area contributed by atoms with Crippen molar-refractivity contribution in [2.24, 2.45) is 0 Å². The number of anilines is 1. The molecule has 9 heteroatoms. The minimum Gasteiger partial charge on any atom is -0.466 e. The molecule has 0 bridgehead atoms. The molecular formula is C16H15F3N2O4. The Kier molecular flexibility index (Phi) is 5.35. The third-order valence-corrected chi connectivity index (χ3v) is 3.05. The molecule has 0 spiro atoms. The molecular weight excluding hydrogens is 341 g/mol. The van der Waals surface area contributed by atoms with Crippen LogP contribution in [0.4, 0.5) is 18.9 Å². The molecule has 0 radical (unpaired) electrons. The fourth-order valence-electron chi connectivity index (χ4n) is 2.09. The number of furan rings is 1. The lowest BCUT2D eigenvalue weighted by Gasteiger charge is -2.11. The Hall–Kier alpha value is -2.97. The second kappa shape index (κ2) is 7.29. The van der Waals surface area contributed by atoms with Gasteiger partial charge in [0.2, 0.25) is 5.91 Å². The van der Waals surface area contributed by atoms with Gasteiger partial charge in [0.15, 0.2) is 0 Å². The first-order valence-corrected chi connectivity index (χ1v) is 7.15. The van der Waals surface area contributed by atoms with Crippen LogP contribution in [-0.4, -0.2) is 24.7 Å². The van der Waals surface area contributed by atoms with Crippen LogP contribution in [-0.2, 0) is 4.79 Å². The first kappa shape index (κ1) is 18.4. The van der Waals surface area contributed by atoms with Crippen molar-refractivity contribution in [1.29, 1.82) is 0 Å². The largest absolute Gasteiger partial charge is 0.573 e. The van der Waals surface area contributed by atoms with Gasteiger partial charge < -0.3 is 19.8 Å². The summed E-state index contributed by atoms with van der Waals surface area (Å²) < 4.78 is 45.5. The molecule has 0 aliphatic carbocycles. The zero-order valence-corrected chi connectivity index (χ0v) is 13.4. The molecule has 1 heterocycles. The highest BCUT2D eigenvalue weighted by molar-refractivity contribution is 5.99. The average molecular weight is 356 g/mol. The molecule has 1 aromatic carbocycles. The van der Waals surface area contributed by atoms with Crippen molar-refractivity contribution in [2.45, 2.75) is 20.2 Å². The maximum atomic E-state index is 12.2. The van der Waals surface area contributed by atoms with E-state index in [-0.39, 0.29) is 12.2 Å². The highest BCUT2D eigenvalue weighted by atomic mass is 19.4. The topological polar surface area (TPSA) is 80.6 Å². The molecule has 2 N–H and O–H groups in total. The highest BCUT2D eigenvalue weighted by Gasteiger charge is 2.31. The van der Waals surface area contributed by atoms with Gasteiger partial charge in [0.05, 0.1) is 12.1 Å². The van der Waals surface area contributed by atoms with E-state index in [0.717, 1.165) is 12.1 Å². The summed E-state index contributed by atoms with van der Waals surface area (Å²) in [5.74, 6) is -0.561. The van der Waals surface area contributed by atoms with E-state index in [1.165, 1.54) is 12.1 Å². The number of halogens is 3. The van der Waals surface area contributed by atoms with Crippen LogP contribution in [0.25, 0.3) is 0 Å². The average Bonchev–Trinajstić information content (AvgIpc) is 2.82. The zero-order chi connectivity index (χ0) is 18.6. The van der Waals surface area contributed by atoms with Gasteiger partial charge in [-0.2, -0.15) is 0 Å². The van der Waals surface area contributed by atoms with Crippen LogP contribution >= 0.6 is 0 Å². The fourth-order valence-corrected chi connectivity index (χ4v) is 2.09. The van der Waals surface area contributed by atoms with Crippen molar-refractivity contribution in [3.63, 3.8) is 0 Å². The summed E-state index contributed by atoms with van der Waals surface area (Å²) in [7, 11) is 0. The van der Waals surface area contributed by atoms with Crippen molar-refractivity contribution in [1.82, 2.24) is 5.32 Å². The second-order valence-corrected chi connectivity index (χ2v) is 5.13. The van der Waals surface area contributed by atoms with Gasteiger partial charge in [-0.3, -0.25) is 9.59 Å². The molecule has 0 aliphatic rings. The molecule has 0 atom stereocenters. The molecule has 0 fully saturated rings. The van der Waals surface area contributed by atoms with Crippen LogP contribution in [0, 0.1) is 13.8 Å². The Balaban J connectivity index is 1.91.